The molecule has 5 aromatic rings. The second-order valence-corrected chi connectivity index (χ2v) is 15.9. The van der Waals surface area contributed by atoms with Crippen molar-refractivity contribution in [3.05, 3.63) is 156 Å². The number of carbonyl (C=O) groups is 2. The Morgan fingerprint density at radius 2 is 1.34 bits per heavy atom. The Balaban J connectivity index is 1.30. The van der Waals surface area contributed by atoms with Crippen molar-refractivity contribution in [3.8, 4) is 0 Å². The molecule has 0 radical (unpaired) electrons. The van der Waals surface area contributed by atoms with Crippen molar-refractivity contribution in [1.82, 2.24) is 15.1 Å². The minimum absolute atomic E-state index is 0.0395. The van der Waals surface area contributed by atoms with E-state index < -0.39 is 16.4 Å². The van der Waals surface area contributed by atoms with Gasteiger partial charge in [0.15, 0.2) is 0 Å². The number of carbonyl (C=O) groups excluding carboxylic acids is 2. The van der Waals surface area contributed by atoms with E-state index in [4.69, 9.17) is 9.47 Å². The molecule has 1 N–H and O–H groups in total. The second-order valence-electron chi connectivity index (χ2n) is 14.6. The first kappa shape index (κ1) is 38.1. The van der Waals surface area contributed by atoms with Crippen molar-refractivity contribution in [2.75, 3.05) is 45.6 Å². The average Bonchev–Trinajstić information content (AvgIpc) is 3.17. The summed E-state index contributed by atoms with van der Waals surface area (Å²) in [6, 6.07) is 45.6. The topological polar surface area (TPSA) is 71.1 Å². The lowest BCUT2D eigenvalue weighted by atomic mass is 9.84. The number of hydrogen-bond donors (Lipinski definition) is 1. The predicted octanol–water partition coefficient (Wildman–Crippen LogP) is 8.62. The Morgan fingerprint density at radius 3 is 1.92 bits per heavy atom. The summed E-state index contributed by atoms with van der Waals surface area (Å²) in [5.41, 5.74) is 3.57. The third-order valence-electron chi connectivity index (χ3n) is 9.78. The zero-order valence-corrected chi connectivity index (χ0v) is 32.1. The van der Waals surface area contributed by atoms with Gasteiger partial charge in [-0.2, -0.15) is 0 Å². The van der Waals surface area contributed by atoms with E-state index in [1.807, 2.05) is 98.1 Å². The van der Waals surface area contributed by atoms with Gasteiger partial charge >= 0.3 is 6.09 Å². The van der Waals surface area contributed by atoms with Crippen LogP contribution in [-0.4, -0.2) is 85.1 Å². The van der Waals surface area contributed by atoms with Crippen molar-refractivity contribution in [3.63, 3.8) is 0 Å². The number of nitrogens with one attached hydrogen (secondary N) is 1. The molecule has 276 valence electrons. The molecular formula is C45H51N3O4S. The van der Waals surface area contributed by atoms with Crippen LogP contribution in [0.2, 0.25) is 0 Å². The van der Waals surface area contributed by atoms with Crippen LogP contribution in [0.25, 0.3) is 10.8 Å². The van der Waals surface area contributed by atoms with Crippen LogP contribution in [0, 0.1) is 0 Å². The second kappa shape index (κ2) is 17.5. The number of nitrogens with zero attached hydrogens (tertiary/aromatic N) is 2. The summed E-state index contributed by atoms with van der Waals surface area (Å²) in [6.07, 6.45) is 0.315. The molecule has 0 unspecified atom stereocenters. The van der Waals surface area contributed by atoms with Gasteiger partial charge in [-0.15, -0.1) is 11.8 Å². The lowest BCUT2D eigenvalue weighted by molar-refractivity contribution is 0.0333. The first-order valence-corrected chi connectivity index (χ1v) is 19.5. The molecule has 0 bridgehead atoms. The van der Waals surface area contributed by atoms with Gasteiger partial charge in [-0.1, -0.05) is 127 Å². The normalized spacial score (nSPS) is 15.9. The van der Waals surface area contributed by atoms with E-state index in [0.717, 1.165) is 39.4 Å². The molecule has 2 atom stereocenters. The maximum atomic E-state index is 14.1. The molecule has 2 amide bonds. The summed E-state index contributed by atoms with van der Waals surface area (Å²) < 4.78 is 10.8. The molecule has 7 nitrogen and oxygen atoms in total. The van der Waals surface area contributed by atoms with Crippen LogP contribution in [0.15, 0.2) is 133 Å². The zero-order chi connectivity index (χ0) is 37.3. The van der Waals surface area contributed by atoms with E-state index in [1.54, 1.807) is 7.11 Å². The molecule has 0 saturated carbocycles. The number of ether oxygens (including phenoxy) is 2. The molecule has 53 heavy (non-hydrogen) atoms. The Hall–Kier alpha value is -4.63. The highest BCUT2D eigenvalue weighted by Gasteiger charge is 2.39. The Labute approximate surface area is 318 Å². The largest absolute Gasteiger partial charge is 0.444 e. The van der Waals surface area contributed by atoms with Crippen LogP contribution in [0.3, 0.4) is 0 Å². The van der Waals surface area contributed by atoms with Gasteiger partial charge in [-0.25, -0.2) is 4.79 Å². The Kier molecular flexibility index (Phi) is 12.6. The van der Waals surface area contributed by atoms with Gasteiger partial charge in [-0.3, -0.25) is 9.69 Å². The maximum absolute atomic E-state index is 14.1. The number of rotatable bonds is 13. The molecule has 1 aliphatic rings. The van der Waals surface area contributed by atoms with Crippen LogP contribution in [-0.2, 0) is 14.2 Å². The van der Waals surface area contributed by atoms with Gasteiger partial charge in [-0.05, 0) is 60.7 Å². The van der Waals surface area contributed by atoms with Crippen molar-refractivity contribution in [2.24, 2.45) is 0 Å². The number of benzene rings is 5. The number of methoxy groups -OCH3 is 1. The lowest BCUT2D eigenvalue weighted by Crippen LogP contribution is -2.58. The van der Waals surface area contributed by atoms with Gasteiger partial charge in [0.2, 0.25) is 0 Å². The molecule has 0 spiro atoms. The summed E-state index contributed by atoms with van der Waals surface area (Å²) in [5.74, 6) is 0.644. The number of fused-ring (bicyclic) bond motifs is 1. The fourth-order valence-electron chi connectivity index (χ4n) is 7.32. The average molecular weight is 730 g/mol. The molecule has 6 rings (SSSR count). The van der Waals surface area contributed by atoms with E-state index in [9.17, 15) is 9.59 Å². The predicted molar refractivity (Wildman–Crippen MR) is 217 cm³/mol. The fraction of sp³-hybridized carbons (Fsp3) is 0.333. The van der Waals surface area contributed by atoms with E-state index in [0.29, 0.717) is 38.5 Å². The molecule has 1 fully saturated rings. The van der Waals surface area contributed by atoms with Crippen LogP contribution in [0.4, 0.5) is 4.79 Å². The molecule has 5 aromatic carbocycles. The van der Waals surface area contributed by atoms with Crippen molar-refractivity contribution in [1.29, 1.82) is 0 Å². The molecule has 0 aliphatic carbocycles. The van der Waals surface area contributed by atoms with Crippen molar-refractivity contribution < 1.29 is 19.1 Å². The Morgan fingerprint density at radius 1 is 0.774 bits per heavy atom. The lowest BCUT2D eigenvalue weighted by Gasteiger charge is -2.43. The van der Waals surface area contributed by atoms with Gasteiger partial charge in [0.25, 0.3) is 5.91 Å². The van der Waals surface area contributed by atoms with Gasteiger partial charge in [0, 0.05) is 57.3 Å². The van der Waals surface area contributed by atoms with Crippen molar-refractivity contribution in [2.45, 2.75) is 49.6 Å². The molecule has 1 heterocycles. The molecule has 1 aliphatic heterocycles. The van der Waals surface area contributed by atoms with Gasteiger partial charge in [0.05, 0.1) is 10.8 Å². The summed E-state index contributed by atoms with van der Waals surface area (Å²) in [5, 5.41) is 5.29. The summed E-state index contributed by atoms with van der Waals surface area (Å²) in [6.45, 7) is 8.63. The smallest absolute Gasteiger partial charge is 0.407 e. The monoisotopic (exact) mass is 729 g/mol. The number of thioether (sulfide) groups is 1. The first-order valence-electron chi connectivity index (χ1n) is 18.5. The third-order valence-corrected chi connectivity index (χ3v) is 11.5. The standard InChI is InChI=1S/C45H51N3O4S/c1-44(2,3)52-43(50)46-38(33-53-45(35-19-8-5-9-20-35,36-21-10-6-11-22-36)37-23-12-7-13-24-37)31-47-28-29-48(32-39(47)27-30-51-4)42(49)41-26-16-18-34-17-14-15-25-40(34)41/h5-26,38-39H,27-33H2,1-4H3,(H,46,50)/t38-,39+/m1/s1. The SMILES string of the molecule is COCC[C@H]1CN(C(=O)c2cccc3ccccc23)CCN1C[C@H](CSC(c1ccccc1)(c1ccccc1)c1ccccc1)NC(=O)OC(C)(C)C. The summed E-state index contributed by atoms with van der Waals surface area (Å²) in [7, 11) is 1.71. The molecule has 1 saturated heterocycles. The van der Waals surface area contributed by atoms with Crippen LogP contribution >= 0.6 is 11.8 Å². The van der Waals surface area contributed by atoms with E-state index in [1.165, 1.54) is 0 Å². The van der Waals surface area contributed by atoms with Gasteiger partial charge < -0.3 is 19.7 Å². The van der Waals surface area contributed by atoms with Crippen LogP contribution in [0.1, 0.15) is 54.2 Å². The first-order chi connectivity index (χ1) is 25.7. The molecule has 0 aromatic heterocycles. The summed E-state index contributed by atoms with van der Waals surface area (Å²) >= 11 is 1.82. The number of alkyl carbamates (subject to hydrolysis) is 1. The van der Waals surface area contributed by atoms with E-state index >= 15 is 0 Å². The van der Waals surface area contributed by atoms with Crippen LogP contribution in [0.5, 0.6) is 0 Å². The minimum Gasteiger partial charge on any atom is -0.444 e. The molecular weight excluding hydrogens is 679 g/mol. The maximum Gasteiger partial charge on any atom is 0.407 e. The number of hydrogen-bond acceptors (Lipinski definition) is 6. The zero-order valence-electron chi connectivity index (χ0n) is 31.2. The summed E-state index contributed by atoms with van der Waals surface area (Å²) in [4.78, 5) is 31.9. The number of amides is 2. The fourth-order valence-corrected chi connectivity index (χ4v) is 8.87. The quantitative estimate of drug-likeness (QED) is 0.123. The van der Waals surface area contributed by atoms with Crippen LogP contribution < -0.4 is 5.32 Å². The van der Waals surface area contributed by atoms with Crippen molar-refractivity contribution >= 4 is 34.5 Å². The van der Waals surface area contributed by atoms with Gasteiger partial charge in [0.1, 0.15) is 5.60 Å². The number of piperazine rings is 1. The minimum atomic E-state index is -0.641. The highest BCUT2D eigenvalue weighted by Crippen LogP contribution is 2.48. The molecule has 8 heteroatoms. The highest BCUT2D eigenvalue weighted by molar-refractivity contribution is 8.00. The Bertz CT molecular complexity index is 1830. The van der Waals surface area contributed by atoms with E-state index in [2.05, 4.69) is 83.0 Å². The highest BCUT2D eigenvalue weighted by atomic mass is 32.2. The van der Waals surface area contributed by atoms with E-state index in [-0.39, 0.29) is 18.0 Å². The third kappa shape index (κ3) is 9.30.